The lowest BCUT2D eigenvalue weighted by Crippen LogP contribution is -2.50. The van der Waals surface area contributed by atoms with Crippen LogP contribution < -0.4 is 4.90 Å². The predicted octanol–water partition coefficient (Wildman–Crippen LogP) is 1.54. The highest BCUT2D eigenvalue weighted by molar-refractivity contribution is 5.94. The molecule has 0 bridgehead atoms. The first-order valence-electron chi connectivity index (χ1n) is 13.6. The van der Waals surface area contributed by atoms with Gasteiger partial charge in [-0.1, -0.05) is 12.1 Å². The van der Waals surface area contributed by atoms with Crippen LogP contribution in [0.4, 0.5) is 5.69 Å². The van der Waals surface area contributed by atoms with Crippen molar-refractivity contribution in [1.82, 2.24) is 19.6 Å². The summed E-state index contributed by atoms with van der Waals surface area (Å²) in [5, 5.41) is 24.4. The number of anilines is 1. The summed E-state index contributed by atoms with van der Waals surface area (Å²) in [5.41, 5.74) is 6.22. The van der Waals surface area contributed by atoms with E-state index in [1.165, 1.54) is 16.8 Å². The van der Waals surface area contributed by atoms with Crippen LogP contribution in [0.3, 0.4) is 0 Å². The molecule has 2 atom stereocenters. The molecule has 3 heterocycles. The number of carbonyl (C=O) groups is 2. The van der Waals surface area contributed by atoms with E-state index in [0.29, 0.717) is 38.3 Å². The Labute approximate surface area is 218 Å². The highest BCUT2D eigenvalue weighted by Gasteiger charge is 2.34. The molecule has 2 fully saturated rings. The predicted molar refractivity (Wildman–Crippen MR) is 141 cm³/mol. The summed E-state index contributed by atoms with van der Waals surface area (Å²) in [6, 6.07) is 6.37. The molecule has 9 nitrogen and oxygen atoms in total. The number of hydrogen-bond donors (Lipinski definition) is 2. The Bertz CT molecular complexity index is 1150. The molecule has 2 saturated heterocycles. The SMILES string of the molecule is Cc1cccc(N2CCN(C(=O)Cn3nc(C(=O)N4CCC(O)C(CO)C4)c4c3CCCC4)CC2)c1C. The van der Waals surface area contributed by atoms with Crippen molar-refractivity contribution in [3.05, 3.63) is 46.3 Å². The van der Waals surface area contributed by atoms with E-state index in [1.807, 2.05) is 4.90 Å². The minimum absolute atomic E-state index is 0.0388. The summed E-state index contributed by atoms with van der Waals surface area (Å²) in [7, 11) is 0. The van der Waals surface area contributed by atoms with Crippen LogP contribution >= 0.6 is 0 Å². The van der Waals surface area contributed by atoms with Crippen molar-refractivity contribution >= 4 is 17.5 Å². The van der Waals surface area contributed by atoms with Gasteiger partial charge in [-0.3, -0.25) is 14.3 Å². The number of aliphatic hydroxyl groups excluding tert-OH is 2. The Balaban J connectivity index is 1.27. The number of rotatable bonds is 5. The zero-order chi connectivity index (χ0) is 26.1. The van der Waals surface area contributed by atoms with Crippen molar-refractivity contribution in [2.45, 2.75) is 58.6 Å². The lowest BCUT2D eigenvalue weighted by atomic mass is 9.93. The zero-order valence-electron chi connectivity index (χ0n) is 22.0. The molecule has 2 amide bonds. The first-order valence-corrected chi connectivity index (χ1v) is 13.6. The summed E-state index contributed by atoms with van der Waals surface area (Å²) >= 11 is 0. The molecular weight excluding hydrogens is 470 g/mol. The number of aromatic nitrogens is 2. The number of nitrogens with zero attached hydrogens (tertiary/aromatic N) is 5. The third-order valence-electron chi connectivity index (χ3n) is 8.51. The van der Waals surface area contributed by atoms with Gasteiger partial charge in [0.2, 0.25) is 5.91 Å². The van der Waals surface area contributed by atoms with Crippen LogP contribution in [0.2, 0.25) is 0 Å². The van der Waals surface area contributed by atoms with Crippen molar-refractivity contribution in [3.63, 3.8) is 0 Å². The number of aryl methyl sites for hydroxylation is 1. The second-order valence-electron chi connectivity index (χ2n) is 10.8. The molecule has 2 N–H and O–H groups in total. The maximum atomic E-state index is 13.4. The first-order chi connectivity index (χ1) is 17.9. The Morgan fingerprint density at radius 3 is 2.54 bits per heavy atom. The standard InChI is InChI=1S/C28H39N5O4/c1-19-6-5-9-23(20(19)2)30-12-14-31(15-13-30)26(36)17-33-24-8-4-3-7-22(24)27(29-33)28(37)32-11-10-25(35)21(16-32)18-34/h5-6,9,21,25,34-35H,3-4,7-8,10-18H2,1-2H3. The van der Waals surface area contributed by atoms with Crippen molar-refractivity contribution in [2.75, 3.05) is 50.8 Å². The topological polar surface area (TPSA) is 102 Å². The number of benzene rings is 1. The fourth-order valence-electron chi connectivity index (χ4n) is 6.01. The third kappa shape index (κ3) is 5.11. The normalized spacial score (nSPS) is 22.2. The van der Waals surface area contributed by atoms with Crippen LogP contribution in [0.5, 0.6) is 0 Å². The van der Waals surface area contributed by atoms with Crippen LogP contribution in [-0.4, -0.2) is 93.6 Å². The maximum Gasteiger partial charge on any atom is 0.274 e. The van der Waals surface area contributed by atoms with E-state index in [9.17, 15) is 19.8 Å². The van der Waals surface area contributed by atoms with E-state index in [2.05, 4.69) is 36.9 Å². The van der Waals surface area contributed by atoms with Crippen LogP contribution in [0.25, 0.3) is 0 Å². The minimum Gasteiger partial charge on any atom is -0.396 e. The van der Waals surface area contributed by atoms with Gasteiger partial charge in [0, 0.05) is 62.1 Å². The van der Waals surface area contributed by atoms with E-state index in [0.717, 1.165) is 50.0 Å². The van der Waals surface area contributed by atoms with Gasteiger partial charge in [0.05, 0.1) is 12.7 Å². The number of carbonyl (C=O) groups excluding carboxylic acids is 2. The molecule has 9 heteroatoms. The fourth-order valence-corrected chi connectivity index (χ4v) is 6.01. The number of hydrogen-bond acceptors (Lipinski definition) is 6. The van der Waals surface area contributed by atoms with Crippen LogP contribution in [0.15, 0.2) is 18.2 Å². The molecule has 2 aromatic rings. The van der Waals surface area contributed by atoms with E-state index in [-0.39, 0.29) is 30.9 Å². The van der Waals surface area contributed by atoms with Gasteiger partial charge in [0.25, 0.3) is 5.91 Å². The zero-order valence-corrected chi connectivity index (χ0v) is 22.0. The molecule has 200 valence electrons. The molecule has 5 rings (SSSR count). The highest BCUT2D eigenvalue weighted by atomic mass is 16.3. The molecule has 1 aromatic carbocycles. The van der Waals surface area contributed by atoms with Crippen LogP contribution in [-0.2, 0) is 24.2 Å². The molecule has 1 aliphatic carbocycles. The van der Waals surface area contributed by atoms with Gasteiger partial charge in [0.1, 0.15) is 6.54 Å². The van der Waals surface area contributed by atoms with Crippen LogP contribution in [0.1, 0.15) is 52.1 Å². The molecule has 37 heavy (non-hydrogen) atoms. The van der Waals surface area contributed by atoms with Gasteiger partial charge in [-0.05, 0) is 63.1 Å². The maximum absolute atomic E-state index is 13.4. The second-order valence-corrected chi connectivity index (χ2v) is 10.8. The largest absolute Gasteiger partial charge is 0.396 e. The smallest absolute Gasteiger partial charge is 0.274 e. The monoisotopic (exact) mass is 509 g/mol. The van der Waals surface area contributed by atoms with E-state index in [4.69, 9.17) is 5.10 Å². The number of amides is 2. The summed E-state index contributed by atoms with van der Waals surface area (Å²) in [6.07, 6.45) is 3.50. The highest BCUT2D eigenvalue weighted by Crippen LogP contribution is 2.28. The van der Waals surface area contributed by atoms with Crippen molar-refractivity contribution in [2.24, 2.45) is 5.92 Å². The second kappa shape index (κ2) is 10.8. The third-order valence-corrected chi connectivity index (χ3v) is 8.51. The van der Waals surface area contributed by atoms with Gasteiger partial charge in [-0.2, -0.15) is 5.10 Å². The van der Waals surface area contributed by atoms with Gasteiger partial charge < -0.3 is 24.9 Å². The molecule has 2 unspecified atom stereocenters. The first kappa shape index (κ1) is 25.7. The average molecular weight is 510 g/mol. The molecule has 0 radical (unpaired) electrons. The lowest BCUT2D eigenvalue weighted by molar-refractivity contribution is -0.132. The minimum atomic E-state index is -0.589. The van der Waals surface area contributed by atoms with Gasteiger partial charge in [-0.25, -0.2) is 0 Å². The quantitative estimate of drug-likeness (QED) is 0.634. The summed E-state index contributed by atoms with van der Waals surface area (Å²) in [5.74, 6) is -0.451. The molecule has 0 saturated carbocycles. The molecule has 3 aliphatic rings. The Morgan fingerprint density at radius 1 is 1.03 bits per heavy atom. The Kier molecular flexibility index (Phi) is 7.53. The van der Waals surface area contributed by atoms with E-state index < -0.39 is 6.10 Å². The summed E-state index contributed by atoms with van der Waals surface area (Å²) < 4.78 is 1.77. The molecule has 2 aliphatic heterocycles. The van der Waals surface area contributed by atoms with E-state index in [1.54, 1.807) is 9.58 Å². The van der Waals surface area contributed by atoms with Crippen molar-refractivity contribution in [1.29, 1.82) is 0 Å². The van der Waals surface area contributed by atoms with Crippen molar-refractivity contribution < 1.29 is 19.8 Å². The number of aliphatic hydroxyl groups is 2. The van der Waals surface area contributed by atoms with Gasteiger partial charge >= 0.3 is 0 Å². The number of likely N-dealkylation sites (tertiary alicyclic amines) is 1. The van der Waals surface area contributed by atoms with Crippen molar-refractivity contribution in [3.8, 4) is 0 Å². The van der Waals surface area contributed by atoms with E-state index >= 15 is 0 Å². The summed E-state index contributed by atoms with van der Waals surface area (Å²) in [4.78, 5) is 32.7. The molecule has 0 spiro atoms. The molecular formula is C28H39N5O4. The fraction of sp³-hybridized carbons (Fsp3) is 0.607. The number of piperazine rings is 1. The average Bonchev–Trinajstić information content (AvgIpc) is 3.28. The van der Waals surface area contributed by atoms with Crippen LogP contribution in [0, 0.1) is 19.8 Å². The molecule has 1 aromatic heterocycles. The van der Waals surface area contributed by atoms with Gasteiger partial charge in [0.15, 0.2) is 5.69 Å². The van der Waals surface area contributed by atoms with Gasteiger partial charge in [-0.15, -0.1) is 0 Å². The number of fused-ring (bicyclic) bond motifs is 1. The Morgan fingerprint density at radius 2 is 1.78 bits per heavy atom. The number of piperidine rings is 1. The summed E-state index contributed by atoms with van der Waals surface area (Å²) in [6.45, 7) is 7.97. The lowest BCUT2D eigenvalue weighted by Gasteiger charge is -2.37. The Hall–Kier alpha value is -2.91.